The van der Waals surface area contributed by atoms with Gasteiger partial charge in [0.2, 0.25) is 0 Å². The smallest absolute Gasteiger partial charge is 0.157 e. The van der Waals surface area contributed by atoms with Crippen LogP contribution in [-0.4, -0.2) is 25.9 Å². The number of para-hydroxylation sites is 1. The van der Waals surface area contributed by atoms with Crippen LogP contribution < -0.4 is 10.6 Å². The third kappa shape index (κ3) is 3.87. The van der Waals surface area contributed by atoms with Crippen LogP contribution in [-0.2, 0) is 6.42 Å². The van der Waals surface area contributed by atoms with Crippen molar-refractivity contribution in [3.05, 3.63) is 89.9 Å². The standard InChI is InChI=1S/C23H18ClFN6/c24-17-2-1-3-18(25)22(17)30-23-21-13-27-14-31(21)20-12-16(4-5-19(20)29-23)28-11-8-15-6-9-26-10-7-15/h1-7,9-10,12-14,28H,8,11H2,(H,29,30). The summed E-state index contributed by atoms with van der Waals surface area (Å²) in [5.74, 6) is 0.0382. The van der Waals surface area contributed by atoms with Crippen LogP contribution in [0, 0.1) is 5.82 Å². The first-order valence-electron chi connectivity index (χ1n) is 9.79. The Kier molecular flexibility index (Phi) is 5.09. The van der Waals surface area contributed by atoms with Gasteiger partial charge in [-0.2, -0.15) is 0 Å². The molecule has 0 aliphatic carbocycles. The summed E-state index contributed by atoms with van der Waals surface area (Å²) in [7, 11) is 0. The van der Waals surface area contributed by atoms with Crippen LogP contribution in [0.2, 0.25) is 5.02 Å². The third-order valence-corrected chi connectivity index (χ3v) is 5.36. The highest BCUT2D eigenvalue weighted by molar-refractivity contribution is 6.33. The van der Waals surface area contributed by atoms with Gasteiger partial charge in [-0.25, -0.2) is 14.4 Å². The first-order chi connectivity index (χ1) is 15.2. The molecule has 0 aliphatic heterocycles. The Labute approximate surface area is 182 Å². The highest BCUT2D eigenvalue weighted by atomic mass is 35.5. The fourth-order valence-electron chi connectivity index (χ4n) is 3.49. The molecule has 0 unspecified atom stereocenters. The molecule has 2 aromatic carbocycles. The van der Waals surface area contributed by atoms with Gasteiger partial charge in [0.1, 0.15) is 11.3 Å². The molecule has 5 rings (SSSR count). The van der Waals surface area contributed by atoms with Gasteiger partial charge in [-0.1, -0.05) is 17.7 Å². The van der Waals surface area contributed by atoms with E-state index in [0.717, 1.165) is 35.2 Å². The first-order valence-corrected chi connectivity index (χ1v) is 10.2. The zero-order valence-electron chi connectivity index (χ0n) is 16.4. The van der Waals surface area contributed by atoms with Crippen LogP contribution in [0.4, 0.5) is 21.6 Å². The average molecular weight is 433 g/mol. The van der Waals surface area contributed by atoms with E-state index in [0.29, 0.717) is 5.82 Å². The van der Waals surface area contributed by atoms with E-state index in [4.69, 9.17) is 16.6 Å². The van der Waals surface area contributed by atoms with Crippen LogP contribution >= 0.6 is 11.6 Å². The number of anilines is 3. The summed E-state index contributed by atoms with van der Waals surface area (Å²) in [4.78, 5) is 13.0. The number of aromatic nitrogens is 4. The number of nitrogens with zero attached hydrogens (tertiary/aromatic N) is 4. The lowest BCUT2D eigenvalue weighted by Crippen LogP contribution is -2.06. The van der Waals surface area contributed by atoms with E-state index in [2.05, 4.69) is 20.6 Å². The molecule has 0 aliphatic rings. The van der Waals surface area contributed by atoms with E-state index < -0.39 is 5.82 Å². The van der Waals surface area contributed by atoms with E-state index in [1.807, 2.05) is 34.7 Å². The number of halogens is 2. The van der Waals surface area contributed by atoms with Crippen molar-refractivity contribution in [2.24, 2.45) is 0 Å². The quantitative estimate of drug-likeness (QED) is 0.372. The maximum Gasteiger partial charge on any atom is 0.157 e. The molecule has 0 bridgehead atoms. The predicted molar refractivity (Wildman–Crippen MR) is 122 cm³/mol. The molecule has 0 radical (unpaired) electrons. The number of hydrogen-bond donors (Lipinski definition) is 2. The molecule has 3 aromatic heterocycles. The van der Waals surface area contributed by atoms with Gasteiger partial charge in [0.05, 0.1) is 34.3 Å². The van der Waals surface area contributed by atoms with E-state index in [9.17, 15) is 4.39 Å². The van der Waals surface area contributed by atoms with Crippen LogP contribution in [0.15, 0.2) is 73.4 Å². The molecule has 6 nitrogen and oxygen atoms in total. The van der Waals surface area contributed by atoms with Crippen LogP contribution in [0.3, 0.4) is 0 Å². The molecule has 0 spiro atoms. The molecule has 8 heteroatoms. The number of nitrogens with one attached hydrogen (secondary N) is 2. The topological polar surface area (TPSA) is 67.1 Å². The van der Waals surface area contributed by atoms with Gasteiger partial charge in [-0.15, -0.1) is 0 Å². The fraction of sp³-hybridized carbons (Fsp3) is 0.0870. The number of rotatable bonds is 6. The molecule has 0 fully saturated rings. The van der Waals surface area contributed by atoms with Gasteiger partial charge in [0.15, 0.2) is 5.82 Å². The zero-order valence-corrected chi connectivity index (χ0v) is 17.1. The monoisotopic (exact) mass is 432 g/mol. The van der Waals surface area contributed by atoms with Crippen molar-refractivity contribution in [3.63, 3.8) is 0 Å². The molecule has 0 saturated carbocycles. The van der Waals surface area contributed by atoms with Crippen LogP contribution in [0.25, 0.3) is 16.6 Å². The number of hydrogen-bond acceptors (Lipinski definition) is 5. The molecular weight excluding hydrogens is 415 g/mol. The largest absolute Gasteiger partial charge is 0.385 e. The van der Waals surface area contributed by atoms with Gasteiger partial charge in [0, 0.05) is 24.6 Å². The highest BCUT2D eigenvalue weighted by Crippen LogP contribution is 2.31. The van der Waals surface area contributed by atoms with Crippen molar-refractivity contribution in [2.75, 3.05) is 17.2 Å². The molecule has 0 atom stereocenters. The highest BCUT2D eigenvalue weighted by Gasteiger charge is 2.13. The lowest BCUT2D eigenvalue weighted by Gasteiger charge is -2.13. The summed E-state index contributed by atoms with van der Waals surface area (Å²) in [5, 5.41) is 6.76. The second kappa shape index (κ2) is 8.20. The molecule has 2 N–H and O–H groups in total. The van der Waals surface area contributed by atoms with Crippen LogP contribution in [0.1, 0.15) is 5.56 Å². The van der Waals surface area contributed by atoms with Gasteiger partial charge in [0.25, 0.3) is 0 Å². The van der Waals surface area contributed by atoms with E-state index in [1.54, 1.807) is 37.1 Å². The second-order valence-corrected chi connectivity index (χ2v) is 7.47. The third-order valence-electron chi connectivity index (χ3n) is 5.05. The minimum absolute atomic E-state index is 0.188. The molecule has 5 aromatic rings. The normalized spacial score (nSPS) is 11.2. The summed E-state index contributed by atoms with van der Waals surface area (Å²) in [6.07, 6.45) is 7.90. The Morgan fingerprint density at radius 3 is 2.71 bits per heavy atom. The minimum Gasteiger partial charge on any atom is -0.385 e. The van der Waals surface area contributed by atoms with E-state index in [1.165, 1.54) is 11.6 Å². The van der Waals surface area contributed by atoms with Gasteiger partial charge in [-0.05, 0) is 54.4 Å². The van der Waals surface area contributed by atoms with Crippen LogP contribution in [0.5, 0.6) is 0 Å². The molecule has 0 amide bonds. The van der Waals surface area contributed by atoms with E-state index >= 15 is 0 Å². The summed E-state index contributed by atoms with van der Waals surface area (Å²) in [6, 6.07) is 14.5. The number of pyridine rings is 1. The molecule has 3 heterocycles. The Morgan fingerprint density at radius 1 is 1.00 bits per heavy atom. The van der Waals surface area contributed by atoms with Crippen molar-refractivity contribution < 1.29 is 4.39 Å². The Hall–Kier alpha value is -3.71. The Balaban J connectivity index is 1.45. The van der Waals surface area contributed by atoms with Gasteiger partial charge >= 0.3 is 0 Å². The van der Waals surface area contributed by atoms with Crippen molar-refractivity contribution in [3.8, 4) is 0 Å². The molecule has 31 heavy (non-hydrogen) atoms. The molecular formula is C23H18ClFN6. The maximum absolute atomic E-state index is 14.3. The first kappa shape index (κ1) is 19.3. The number of imidazole rings is 1. The van der Waals surface area contributed by atoms with Gasteiger partial charge in [-0.3, -0.25) is 9.38 Å². The second-order valence-electron chi connectivity index (χ2n) is 7.07. The summed E-state index contributed by atoms with van der Waals surface area (Å²) >= 11 is 6.17. The summed E-state index contributed by atoms with van der Waals surface area (Å²) < 4.78 is 16.2. The number of fused-ring (bicyclic) bond motifs is 3. The Bertz CT molecular complexity index is 1350. The SMILES string of the molecule is Fc1cccc(Cl)c1Nc1nc2ccc(NCCc3ccncc3)cc2n2cncc12. The molecule has 154 valence electrons. The van der Waals surface area contributed by atoms with Crippen molar-refractivity contribution in [2.45, 2.75) is 6.42 Å². The number of benzene rings is 2. The average Bonchev–Trinajstić information content (AvgIpc) is 3.28. The predicted octanol–water partition coefficient (Wildman–Crippen LogP) is 5.47. The fourth-order valence-corrected chi connectivity index (χ4v) is 3.70. The lowest BCUT2D eigenvalue weighted by molar-refractivity contribution is 0.632. The van der Waals surface area contributed by atoms with Crippen molar-refractivity contribution in [1.82, 2.24) is 19.4 Å². The minimum atomic E-state index is -0.444. The summed E-state index contributed by atoms with van der Waals surface area (Å²) in [5.41, 5.74) is 4.77. The van der Waals surface area contributed by atoms with Gasteiger partial charge < -0.3 is 10.6 Å². The van der Waals surface area contributed by atoms with Crippen molar-refractivity contribution >= 4 is 45.3 Å². The maximum atomic E-state index is 14.3. The molecule has 0 saturated heterocycles. The summed E-state index contributed by atoms with van der Waals surface area (Å²) in [6.45, 7) is 0.793. The van der Waals surface area contributed by atoms with E-state index in [-0.39, 0.29) is 10.7 Å². The van der Waals surface area contributed by atoms with Crippen molar-refractivity contribution in [1.29, 1.82) is 0 Å². The Morgan fingerprint density at radius 2 is 1.87 bits per heavy atom. The zero-order chi connectivity index (χ0) is 21.2. The lowest BCUT2D eigenvalue weighted by atomic mass is 10.2.